The quantitative estimate of drug-likeness (QED) is 0.798. The summed E-state index contributed by atoms with van der Waals surface area (Å²) in [5.74, 6) is -2.19. The van der Waals surface area contributed by atoms with E-state index in [1.807, 2.05) is 0 Å². The van der Waals surface area contributed by atoms with Gasteiger partial charge < -0.3 is 14.7 Å². The van der Waals surface area contributed by atoms with E-state index in [9.17, 15) is 13.6 Å². The van der Waals surface area contributed by atoms with Crippen LogP contribution in [0.4, 0.5) is 20.2 Å². The molecule has 0 N–H and O–H groups in total. The SMILES string of the molecule is CCN(CC)c1ccc(N2CCN(C(=O)c3ccc(F)c(F)c3)CC2)cc1. The molecule has 0 saturated carbocycles. The van der Waals surface area contributed by atoms with Gasteiger partial charge in [-0.1, -0.05) is 0 Å². The number of anilines is 2. The maximum atomic E-state index is 13.4. The van der Waals surface area contributed by atoms with E-state index in [1.165, 1.54) is 11.8 Å². The van der Waals surface area contributed by atoms with E-state index in [-0.39, 0.29) is 11.5 Å². The van der Waals surface area contributed by atoms with E-state index in [0.717, 1.165) is 30.9 Å². The maximum Gasteiger partial charge on any atom is 0.254 e. The van der Waals surface area contributed by atoms with Gasteiger partial charge in [-0.15, -0.1) is 0 Å². The molecule has 1 heterocycles. The van der Waals surface area contributed by atoms with Crippen molar-refractivity contribution in [2.75, 3.05) is 49.1 Å². The number of carbonyl (C=O) groups is 1. The first kappa shape index (κ1) is 19.1. The van der Waals surface area contributed by atoms with Crippen molar-refractivity contribution in [1.82, 2.24) is 4.90 Å². The molecule has 2 aromatic rings. The highest BCUT2D eigenvalue weighted by Gasteiger charge is 2.23. The lowest BCUT2D eigenvalue weighted by Gasteiger charge is -2.36. The lowest BCUT2D eigenvalue weighted by molar-refractivity contribution is 0.0746. The van der Waals surface area contributed by atoms with Crippen molar-refractivity contribution in [3.8, 4) is 0 Å². The summed E-state index contributed by atoms with van der Waals surface area (Å²) < 4.78 is 26.4. The van der Waals surface area contributed by atoms with Crippen molar-refractivity contribution in [3.05, 3.63) is 59.7 Å². The molecule has 27 heavy (non-hydrogen) atoms. The van der Waals surface area contributed by atoms with Gasteiger partial charge in [0.15, 0.2) is 11.6 Å². The van der Waals surface area contributed by atoms with Crippen LogP contribution in [-0.2, 0) is 0 Å². The summed E-state index contributed by atoms with van der Waals surface area (Å²) in [5, 5.41) is 0. The van der Waals surface area contributed by atoms with Crippen LogP contribution in [-0.4, -0.2) is 50.1 Å². The largest absolute Gasteiger partial charge is 0.372 e. The molecule has 1 amide bonds. The van der Waals surface area contributed by atoms with Crippen LogP contribution in [0.15, 0.2) is 42.5 Å². The number of carbonyl (C=O) groups excluding carboxylic acids is 1. The Labute approximate surface area is 159 Å². The molecular weight excluding hydrogens is 348 g/mol. The van der Waals surface area contributed by atoms with E-state index in [4.69, 9.17) is 0 Å². The predicted molar refractivity (Wildman–Crippen MR) is 104 cm³/mol. The summed E-state index contributed by atoms with van der Waals surface area (Å²) in [7, 11) is 0. The molecule has 2 aromatic carbocycles. The molecule has 0 aromatic heterocycles. The van der Waals surface area contributed by atoms with E-state index < -0.39 is 11.6 Å². The Morgan fingerprint density at radius 2 is 1.56 bits per heavy atom. The standard InChI is InChI=1S/C21H25F2N3O/c1-3-24(4-2)17-6-8-18(9-7-17)25-11-13-26(14-12-25)21(27)16-5-10-19(22)20(23)15-16/h5-10,15H,3-4,11-14H2,1-2H3. The average molecular weight is 373 g/mol. The third kappa shape index (κ3) is 4.21. The van der Waals surface area contributed by atoms with E-state index >= 15 is 0 Å². The molecule has 0 atom stereocenters. The molecule has 3 rings (SSSR count). The molecule has 1 aliphatic rings. The van der Waals surface area contributed by atoms with Gasteiger partial charge in [-0.3, -0.25) is 4.79 Å². The van der Waals surface area contributed by atoms with Crippen LogP contribution in [0.5, 0.6) is 0 Å². The Morgan fingerprint density at radius 3 is 2.11 bits per heavy atom. The Bertz CT molecular complexity index is 783. The monoisotopic (exact) mass is 373 g/mol. The average Bonchev–Trinajstić information content (AvgIpc) is 2.71. The molecular formula is C21H25F2N3O. The smallest absolute Gasteiger partial charge is 0.254 e. The number of nitrogens with zero attached hydrogens (tertiary/aromatic N) is 3. The van der Waals surface area contributed by atoms with Gasteiger partial charge in [-0.05, 0) is 56.3 Å². The second-order valence-electron chi connectivity index (χ2n) is 6.60. The summed E-state index contributed by atoms with van der Waals surface area (Å²) in [6.45, 7) is 8.74. The van der Waals surface area contributed by atoms with E-state index in [2.05, 4.69) is 47.9 Å². The topological polar surface area (TPSA) is 26.8 Å². The fourth-order valence-electron chi connectivity index (χ4n) is 3.44. The molecule has 144 valence electrons. The normalized spacial score (nSPS) is 14.4. The third-order valence-corrected chi connectivity index (χ3v) is 5.08. The van der Waals surface area contributed by atoms with Gasteiger partial charge in [-0.25, -0.2) is 8.78 Å². The molecule has 0 spiro atoms. The highest BCUT2D eigenvalue weighted by molar-refractivity contribution is 5.94. The summed E-state index contributed by atoms with van der Waals surface area (Å²) in [6.07, 6.45) is 0. The lowest BCUT2D eigenvalue weighted by Crippen LogP contribution is -2.48. The number of hydrogen-bond donors (Lipinski definition) is 0. The van der Waals surface area contributed by atoms with Crippen molar-refractivity contribution in [2.45, 2.75) is 13.8 Å². The van der Waals surface area contributed by atoms with Crippen LogP contribution >= 0.6 is 0 Å². The fraction of sp³-hybridized carbons (Fsp3) is 0.381. The van der Waals surface area contributed by atoms with Gasteiger partial charge in [0.1, 0.15) is 0 Å². The summed E-state index contributed by atoms with van der Waals surface area (Å²) in [6, 6.07) is 11.8. The minimum atomic E-state index is -0.993. The van der Waals surface area contributed by atoms with Crippen LogP contribution in [0, 0.1) is 11.6 Å². The van der Waals surface area contributed by atoms with Gasteiger partial charge in [0.2, 0.25) is 0 Å². The molecule has 0 aliphatic carbocycles. The summed E-state index contributed by atoms with van der Waals surface area (Å²) in [5.41, 5.74) is 2.52. The Hall–Kier alpha value is -2.63. The van der Waals surface area contributed by atoms with E-state index in [0.29, 0.717) is 26.2 Å². The van der Waals surface area contributed by atoms with Crippen molar-refractivity contribution in [2.24, 2.45) is 0 Å². The molecule has 0 radical (unpaired) electrons. The van der Waals surface area contributed by atoms with Gasteiger partial charge in [0.05, 0.1) is 0 Å². The third-order valence-electron chi connectivity index (χ3n) is 5.08. The van der Waals surface area contributed by atoms with Gasteiger partial charge in [-0.2, -0.15) is 0 Å². The molecule has 1 saturated heterocycles. The van der Waals surface area contributed by atoms with Crippen LogP contribution in [0.25, 0.3) is 0 Å². The van der Waals surface area contributed by atoms with E-state index in [1.54, 1.807) is 4.90 Å². The zero-order valence-corrected chi connectivity index (χ0v) is 15.8. The molecule has 4 nitrogen and oxygen atoms in total. The first-order valence-corrected chi connectivity index (χ1v) is 9.37. The molecule has 0 unspecified atom stereocenters. The number of halogens is 2. The second-order valence-corrected chi connectivity index (χ2v) is 6.60. The number of benzene rings is 2. The van der Waals surface area contributed by atoms with Gasteiger partial charge in [0, 0.05) is 56.2 Å². The molecule has 6 heteroatoms. The van der Waals surface area contributed by atoms with Crippen molar-refractivity contribution in [1.29, 1.82) is 0 Å². The van der Waals surface area contributed by atoms with Crippen molar-refractivity contribution >= 4 is 17.3 Å². The van der Waals surface area contributed by atoms with Crippen LogP contribution in [0.3, 0.4) is 0 Å². The lowest BCUT2D eigenvalue weighted by atomic mass is 10.1. The number of hydrogen-bond acceptors (Lipinski definition) is 3. The van der Waals surface area contributed by atoms with Crippen LogP contribution in [0.1, 0.15) is 24.2 Å². The molecule has 0 bridgehead atoms. The van der Waals surface area contributed by atoms with Crippen LogP contribution < -0.4 is 9.80 Å². The summed E-state index contributed by atoms with van der Waals surface area (Å²) in [4.78, 5) is 18.7. The summed E-state index contributed by atoms with van der Waals surface area (Å²) >= 11 is 0. The van der Waals surface area contributed by atoms with Crippen molar-refractivity contribution < 1.29 is 13.6 Å². The number of amides is 1. The Morgan fingerprint density at radius 1 is 0.926 bits per heavy atom. The minimum absolute atomic E-state index is 0.186. The van der Waals surface area contributed by atoms with Crippen LogP contribution in [0.2, 0.25) is 0 Å². The molecule has 1 aliphatic heterocycles. The number of piperazine rings is 1. The zero-order chi connectivity index (χ0) is 19.4. The second kappa shape index (κ2) is 8.37. The maximum absolute atomic E-state index is 13.4. The Balaban J connectivity index is 1.61. The minimum Gasteiger partial charge on any atom is -0.372 e. The first-order chi connectivity index (χ1) is 13.0. The highest BCUT2D eigenvalue weighted by Crippen LogP contribution is 2.22. The Kier molecular flexibility index (Phi) is 5.94. The van der Waals surface area contributed by atoms with Crippen molar-refractivity contribution in [3.63, 3.8) is 0 Å². The number of rotatable bonds is 5. The fourth-order valence-corrected chi connectivity index (χ4v) is 3.44. The zero-order valence-electron chi connectivity index (χ0n) is 15.8. The first-order valence-electron chi connectivity index (χ1n) is 9.37. The van der Waals surface area contributed by atoms with Gasteiger partial charge >= 0.3 is 0 Å². The predicted octanol–water partition coefficient (Wildman–Crippen LogP) is 3.77. The van der Waals surface area contributed by atoms with Gasteiger partial charge in [0.25, 0.3) is 5.91 Å². The highest BCUT2D eigenvalue weighted by atomic mass is 19.2. The molecule has 1 fully saturated rings.